The lowest BCUT2D eigenvalue weighted by Gasteiger charge is -2.31. The van der Waals surface area contributed by atoms with Crippen LogP contribution in [0.4, 0.5) is 5.69 Å². The zero-order chi connectivity index (χ0) is 17.7. The summed E-state index contributed by atoms with van der Waals surface area (Å²) in [4.78, 5) is 2.23. The minimum Gasteiger partial charge on any atom is -0.507 e. The Morgan fingerprint density at radius 3 is 2.32 bits per heavy atom. The summed E-state index contributed by atoms with van der Waals surface area (Å²) in [6, 6.07) is 7.68. The van der Waals surface area contributed by atoms with E-state index in [1.165, 1.54) is 0 Å². The highest BCUT2D eigenvalue weighted by Gasteiger charge is 2.29. The molecule has 0 saturated heterocycles. The van der Waals surface area contributed by atoms with Crippen molar-refractivity contribution in [1.29, 1.82) is 0 Å². The Morgan fingerprint density at radius 1 is 0.920 bits per heavy atom. The van der Waals surface area contributed by atoms with Gasteiger partial charge in [-0.05, 0) is 23.9 Å². The number of fused-ring (bicyclic) bond motifs is 2. The van der Waals surface area contributed by atoms with E-state index >= 15 is 0 Å². The summed E-state index contributed by atoms with van der Waals surface area (Å²) < 4.78 is 17.1. The highest BCUT2D eigenvalue weighted by atomic mass is 16.5. The monoisotopic (exact) mass is 339 g/mol. The van der Waals surface area contributed by atoms with Gasteiger partial charge in [-0.15, -0.1) is 0 Å². The van der Waals surface area contributed by atoms with E-state index < -0.39 is 0 Å². The van der Waals surface area contributed by atoms with Gasteiger partial charge in [-0.3, -0.25) is 0 Å². The molecule has 0 radical (unpaired) electrons. The van der Waals surface area contributed by atoms with Gasteiger partial charge in [-0.2, -0.15) is 0 Å². The predicted octanol–water partition coefficient (Wildman–Crippen LogP) is 3.72. The Labute approximate surface area is 146 Å². The van der Waals surface area contributed by atoms with E-state index in [2.05, 4.69) is 18.0 Å². The fourth-order valence-corrected chi connectivity index (χ4v) is 3.96. The summed E-state index contributed by atoms with van der Waals surface area (Å²) in [5, 5.41) is 14.2. The molecule has 1 aliphatic rings. The van der Waals surface area contributed by atoms with Crippen molar-refractivity contribution >= 4 is 27.2 Å². The molecular weight excluding hydrogens is 318 g/mol. The number of phenols is 1. The van der Waals surface area contributed by atoms with Gasteiger partial charge in [-0.25, -0.2) is 0 Å². The standard InChI is InChI=1S/C20H21NO4/c1-21-9-8-12-16-13(21)10-11-6-5-7-14(22)15(11)17(16)19(24-3)20(25-4)18(12)23-2/h5-7,10,22H,8-9H2,1-4H3. The average Bonchev–Trinajstić information content (AvgIpc) is 2.63. The third-order valence-corrected chi connectivity index (χ3v) is 5.06. The molecule has 0 unspecified atom stereocenters. The molecule has 1 heterocycles. The Hall–Kier alpha value is -2.82. The first-order valence-electron chi connectivity index (χ1n) is 8.22. The largest absolute Gasteiger partial charge is 0.507 e. The van der Waals surface area contributed by atoms with E-state index in [0.29, 0.717) is 17.2 Å². The van der Waals surface area contributed by atoms with Gasteiger partial charge in [0.15, 0.2) is 11.5 Å². The van der Waals surface area contributed by atoms with Crippen LogP contribution < -0.4 is 19.1 Å². The lowest BCUT2D eigenvalue weighted by atomic mass is 9.90. The molecule has 3 aromatic rings. The maximum absolute atomic E-state index is 10.6. The number of nitrogens with zero attached hydrogens (tertiary/aromatic N) is 1. The third kappa shape index (κ3) is 2.02. The van der Waals surface area contributed by atoms with Crippen molar-refractivity contribution in [3.8, 4) is 23.0 Å². The van der Waals surface area contributed by atoms with Crippen molar-refractivity contribution < 1.29 is 19.3 Å². The van der Waals surface area contributed by atoms with Gasteiger partial charge in [0.1, 0.15) is 5.75 Å². The SMILES string of the molecule is COc1c(OC)c(OC)c2c3c(cc4cccc(O)c42)N(C)CCc13. The minimum atomic E-state index is 0.230. The van der Waals surface area contributed by atoms with Crippen LogP contribution >= 0.6 is 0 Å². The number of anilines is 1. The molecule has 1 N–H and O–H groups in total. The summed E-state index contributed by atoms with van der Waals surface area (Å²) in [5.41, 5.74) is 2.20. The number of phenolic OH excluding ortho intramolecular Hbond substituents is 1. The highest BCUT2D eigenvalue weighted by molar-refractivity contribution is 6.20. The van der Waals surface area contributed by atoms with E-state index in [9.17, 15) is 5.11 Å². The van der Waals surface area contributed by atoms with Crippen molar-refractivity contribution in [1.82, 2.24) is 0 Å². The maximum Gasteiger partial charge on any atom is 0.204 e. The highest BCUT2D eigenvalue weighted by Crippen LogP contribution is 2.54. The minimum absolute atomic E-state index is 0.230. The van der Waals surface area contributed by atoms with Crippen LogP contribution in [-0.4, -0.2) is 40.0 Å². The fraction of sp³-hybridized carbons (Fsp3) is 0.300. The van der Waals surface area contributed by atoms with Gasteiger partial charge in [0, 0.05) is 41.0 Å². The van der Waals surface area contributed by atoms with Crippen LogP contribution in [0.1, 0.15) is 5.56 Å². The molecule has 0 aliphatic carbocycles. The lowest BCUT2D eigenvalue weighted by molar-refractivity contribution is 0.325. The molecular formula is C20H21NO4. The first-order valence-corrected chi connectivity index (χ1v) is 8.22. The van der Waals surface area contributed by atoms with Gasteiger partial charge >= 0.3 is 0 Å². The summed E-state index contributed by atoms with van der Waals surface area (Å²) in [6.07, 6.45) is 0.836. The average molecular weight is 339 g/mol. The number of ether oxygens (including phenoxy) is 3. The predicted molar refractivity (Wildman–Crippen MR) is 99.7 cm³/mol. The second kappa shape index (κ2) is 5.62. The molecule has 1 aliphatic heterocycles. The Bertz CT molecular complexity index is 997. The molecule has 5 heteroatoms. The van der Waals surface area contributed by atoms with Crippen LogP contribution in [0.15, 0.2) is 24.3 Å². The topological polar surface area (TPSA) is 51.2 Å². The fourth-order valence-electron chi connectivity index (χ4n) is 3.96. The van der Waals surface area contributed by atoms with E-state index in [-0.39, 0.29) is 5.75 Å². The second-order valence-electron chi connectivity index (χ2n) is 6.27. The summed E-state index contributed by atoms with van der Waals surface area (Å²) >= 11 is 0. The molecule has 0 spiro atoms. The molecule has 25 heavy (non-hydrogen) atoms. The van der Waals surface area contributed by atoms with Crippen molar-refractivity contribution in [2.75, 3.05) is 39.8 Å². The van der Waals surface area contributed by atoms with E-state index in [1.807, 2.05) is 12.1 Å². The second-order valence-corrected chi connectivity index (χ2v) is 6.27. The molecule has 0 atom stereocenters. The number of methoxy groups -OCH3 is 3. The molecule has 5 nitrogen and oxygen atoms in total. The Kier molecular flexibility index (Phi) is 3.53. The molecule has 4 rings (SSSR count). The molecule has 0 fully saturated rings. The molecule has 0 amide bonds. The first kappa shape index (κ1) is 15.7. The molecule has 130 valence electrons. The number of rotatable bonds is 3. The first-order chi connectivity index (χ1) is 12.1. The van der Waals surface area contributed by atoms with Crippen LogP contribution in [-0.2, 0) is 6.42 Å². The van der Waals surface area contributed by atoms with Gasteiger partial charge < -0.3 is 24.2 Å². The lowest BCUT2D eigenvalue weighted by Crippen LogP contribution is -2.25. The van der Waals surface area contributed by atoms with Crippen molar-refractivity contribution in [2.45, 2.75) is 6.42 Å². The third-order valence-electron chi connectivity index (χ3n) is 5.06. The summed E-state index contributed by atoms with van der Waals surface area (Å²) in [7, 11) is 6.95. The zero-order valence-electron chi connectivity index (χ0n) is 14.8. The smallest absolute Gasteiger partial charge is 0.204 e. The number of hydrogen-bond donors (Lipinski definition) is 1. The van der Waals surface area contributed by atoms with Crippen LogP contribution in [0, 0.1) is 0 Å². The number of hydrogen-bond acceptors (Lipinski definition) is 5. The van der Waals surface area contributed by atoms with Gasteiger partial charge in [0.05, 0.1) is 21.3 Å². The van der Waals surface area contributed by atoms with Gasteiger partial charge in [-0.1, -0.05) is 12.1 Å². The summed E-state index contributed by atoms with van der Waals surface area (Å²) in [5.74, 6) is 2.09. The van der Waals surface area contributed by atoms with E-state index in [4.69, 9.17) is 14.2 Å². The molecule has 3 aromatic carbocycles. The Balaban J connectivity index is 2.36. The van der Waals surface area contributed by atoms with Gasteiger partial charge in [0.2, 0.25) is 5.75 Å². The summed E-state index contributed by atoms with van der Waals surface area (Å²) in [6.45, 7) is 0.887. The number of benzene rings is 3. The number of aromatic hydroxyl groups is 1. The van der Waals surface area contributed by atoms with Crippen molar-refractivity contribution in [3.63, 3.8) is 0 Å². The van der Waals surface area contributed by atoms with Crippen LogP contribution in [0.25, 0.3) is 21.5 Å². The number of likely N-dealkylation sites (N-methyl/N-ethyl adjacent to an activating group) is 1. The van der Waals surface area contributed by atoms with E-state index in [1.54, 1.807) is 27.4 Å². The maximum atomic E-state index is 10.6. The molecule has 0 saturated carbocycles. The van der Waals surface area contributed by atoms with Crippen LogP contribution in [0.3, 0.4) is 0 Å². The van der Waals surface area contributed by atoms with Crippen molar-refractivity contribution in [3.05, 3.63) is 29.8 Å². The normalized spacial score (nSPS) is 13.4. The molecule has 0 aromatic heterocycles. The van der Waals surface area contributed by atoms with Crippen LogP contribution in [0.2, 0.25) is 0 Å². The van der Waals surface area contributed by atoms with Crippen molar-refractivity contribution in [2.24, 2.45) is 0 Å². The zero-order valence-corrected chi connectivity index (χ0v) is 14.8. The van der Waals surface area contributed by atoms with E-state index in [0.717, 1.165) is 45.8 Å². The van der Waals surface area contributed by atoms with Crippen LogP contribution in [0.5, 0.6) is 23.0 Å². The van der Waals surface area contributed by atoms with Gasteiger partial charge in [0.25, 0.3) is 0 Å². The quantitative estimate of drug-likeness (QED) is 0.737. The Morgan fingerprint density at radius 2 is 1.64 bits per heavy atom. The molecule has 0 bridgehead atoms.